The third-order valence-electron chi connectivity index (χ3n) is 4.61. The summed E-state index contributed by atoms with van der Waals surface area (Å²) in [5, 5.41) is 0. The molecule has 0 heterocycles. The van der Waals surface area contributed by atoms with Gasteiger partial charge in [-0.2, -0.15) is 0 Å². The first-order chi connectivity index (χ1) is 7.33. The highest BCUT2D eigenvalue weighted by Gasteiger charge is 2.46. The van der Waals surface area contributed by atoms with E-state index in [0.29, 0.717) is 11.8 Å². The summed E-state index contributed by atoms with van der Waals surface area (Å²) >= 11 is 0. The molecule has 1 aliphatic rings. The van der Waals surface area contributed by atoms with E-state index in [4.69, 9.17) is 0 Å². The number of carbonyl (C=O) groups is 1. The average molecular weight is 224 g/mol. The Morgan fingerprint density at radius 2 is 1.88 bits per heavy atom. The number of methoxy groups -OCH3 is 1. The van der Waals surface area contributed by atoms with Gasteiger partial charge in [0.05, 0.1) is 7.11 Å². The predicted molar refractivity (Wildman–Crippen MR) is 66.1 cm³/mol. The van der Waals surface area contributed by atoms with Crippen molar-refractivity contribution in [2.45, 2.75) is 52.9 Å². The van der Waals surface area contributed by atoms with Gasteiger partial charge in [0.2, 0.25) is 0 Å². The van der Waals surface area contributed by atoms with Crippen LogP contribution in [0.2, 0.25) is 0 Å². The molecule has 0 N–H and O–H groups in total. The van der Waals surface area contributed by atoms with Gasteiger partial charge in [-0.05, 0) is 30.1 Å². The molecular weight excluding hydrogens is 200 g/mol. The third-order valence-corrected chi connectivity index (χ3v) is 4.61. The Bertz CT molecular complexity index is 291. The fourth-order valence-electron chi connectivity index (χ4n) is 2.78. The van der Waals surface area contributed by atoms with Crippen LogP contribution in [0.4, 0.5) is 0 Å². The Morgan fingerprint density at radius 1 is 1.25 bits per heavy atom. The van der Waals surface area contributed by atoms with Gasteiger partial charge >= 0.3 is 5.97 Å². The smallest absolute Gasteiger partial charge is 0.305 e. The average Bonchev–Trinajstić information content (AvgIpc) is 2.50. The van der Waals surface area contributed by atoms with Crippen LogP contribution in [0.15, 0.2) is 12.2 Å². The standard InChI is InChI=1S/C14H24O2/c1-11(7-8-12(15)16-5)14(4)10-6-9-13(14,2)3/h1,6-10H2,2-5H3/t14-/m0/s1. The second kappa shape index (κ2) is 4.60. The maximum Gasteiger partial charge on any atom is 0.305 e. The highest BCUT2D eigenvalue weighted by molar-refractivity contribution is 5.69. The zero-order valence-electron chi connectivity index (χ0n) is 11.1. The first kappa shape index (κ1) is 13.3. The monoisotopic (exact) mass is 224 g/mol. The fourth-order valence-corrected chi connectivity index (χ4v) is 2.78. The quantitative estimate of drug-likeness (QED) is 0.537. The second-order valence-electron chi connectivity index (χ2n) is 5.75. The van der Waals surface area contributed by atoms with Gasteiger partial charge in [-0.3, -0.25) is 4.79 Å². The summed E-state index contributed by atoms with van der Waals surface area (Å²) < 4.78 is 4.67. The van der Waals surface area contributed by atoms with E-state index < -0.39 is 0 Å². The summed E-state index contributed by atoms with van der Waals surface area (Å²) in [6, 6.07) is 0. The van der Waals surface area contributed by atoms with Gasteiger partial charge in [0.15, 0.2) is 0 Å². The van der Waals surface area contributed by atoms with Crippen LogP contribution >= 0.6 is 0 Å². The number of carbonyl (C=O) groups excluding carboxylic acids is 1. The van der Waals surface area contributed by atoms with E-state index in [1.54, 1.807) is 0 Å². The Kier molecular flexibility index (Phi) is 3.82. The highest BCUT2D eigenvalue weighted by Crippen LogP contribution is 2.56. The summed E-state index contributed by atoms with van der Waals surface area (Å²) in [4.78, 5) is 11.1. The minimum absolute atomic E-state index is 0.138. The van der Waals surface area contributed by atoms with Crippen LogP contribution in [0.5, 0.6) is 0 Å². The molecule has 92 valence electrons. The van der Waals surface area contributed by atoms with Crippen molar-refractivity contribution in [1.29, 1.82) is 0 Å². The van der Waals surface area contributed by atoms with Crippen molar-refractivity contribution in [2.24, 2.45) is 10.8 Å². The molecule has 0 saturated heterocycles. The van der Waals surface area contributed by atoms with Crippen LogP contribution in [0.1, 0.15) is 52.9 Å². The number of esters is 1. The molecule has 0 unspecified atom stereocenters. The van der Waals surface area contributed by atoms with Crippen molar-refractivity contribution in [3.8, 4) is 0 Å². The molecule has 16 heavy (non-hydrogen) atoms. The molecule has 0 spiro atoms. The van der Waals surface area contributed by atoms with Gasteiger partial charge in [0, 0.05) is 6.42 Å². The Hall–Kier alpha value is -0.790. The van der Waals surface area contributed by atoms with Crippen molar-refractivity contribution in [1.82, 2.24) is 0 Å². The maximum atomic E-state index is 11.1. The number of allylic oxidation sites excluding steroid dienone is 1. The van der Waals surface area contributed by atoms with Crippen LogP contribution in [-0.4, -0.2) is 13.1 Å². The van der Waals surface area contributed by atoms with Gasteiger partial charge in [0.1, 0.15) is 0 Å². The highest BCUT2D eigenvalue weighted by atomic mass is 16.5. The molecule has 2 heteroatoms. The molecule has 1 aliphatic carbocycles. The van der Waals surface area contributed by atoms with Crippen LogP contribution in [-0.2, 0) is 9.53 Å². The molecular formula is C14H24O2. The summed E-state index contributed by atoms with van der Waals surface area (Å²) in [7, 11) is 1.44. The van der Waals surface area contributed by atoms with Crippen molar-refractivity contribution < 1.29 is 9.53 Å². The van der Waals surface area contributed by atoms with Crippen LogP contribution < -0.4 is 0 Å². The van der Waals surface area contributed by atoms with E-state index in [0.717, 1.165) is 6.42 Å². The van der Waals surface area contributed by atoms with Crippen LogP contribution in [0, 0.1) is 10.8 Å². The van der Waals surface area contributed by atoms with E-state index >= 15 is 0 Å². The molecule has 1 fully saturated rings. The molecule has 0 radical (unpaired) electrons. The second-order valence-corrected chi connectivity index (χ2v) is 5.75. The number of ether oxygens (including phenoxy) is 1. The van der Waals surface area contributed by atoms with Gasteiger partial charge in [-0.1, -0.05) is 39.3 Å². The summed E-state index contributed by atoms with van der Waals surface area (Å²) in [5.74, 6) is -0.138. The SMILES string of the molecule is C=C(CCC(=O)OC)[C@]1(C)CCCC1(C)C. The van der Waals surface area contributed by atoms with Crippen LogP contribution in [0.3, 0.4) is 0 Å². The Balaban J connectivity index is 2.63. The van der Waals surface area contributed by atoms with E-state index in [2.05, 4.69) is 32.1 Å². The van der Waals surface area contributed by atoms with Gasteiger partial charge in [0.25, 0.3) is 0 Å². The number of rotatable bonds is 4. The van der Waals surface area contributed by atoms with Gasteiger partial charge in [-0.15, -0.1) is 0 Å². The van der Waals surface area contributed by atoms with Gasteiger partial charge < -0.3 is 4.74 Å². The summed E-state index contributed by atoms with van der Waals surface area (Å²) in [6.07, 6.45) is 4.93. The lowest BCUT2D eigenvalue weighted by atomic mass is 9.64. The predicted octanol–water partition coefficient (Wildman–Crippen LogP) is 3.71. The molecule has 0 aromatic rings. The topological polar surface area (TPSA) is 26.3 Å². The minimum Gasteiger partial charge on any atom is -0.469 e. The van der Waals surface area contributed by atoms with E-state index in [1.807, 2.05) is 0 Å². The zero-order chi connectivity index (χ0) is 12.4. The van der Waals surface area contributed by atoms with E-state index in [9.17, 15) is 4.79 Å². The normalized spacial score (nSPS) is 27.8. The molecule has 0 aliphatic heterocycles. The van der Waals surface area contributed by atoms with Crippen molar-refractivity contribution in [3.63, 3.8) is 0 Å². The fraction of sp³-hybridized carbons (Fsp3) is 0.786. The molecule has 0 bridgehead atoms. The molecule has 1 atom stereocenters. The summed E-state index contributed by atoms with van der Waals surface area (Å²) in [5.41, 5.74) is 1.70. The maximum absolute atomic E-state index is 11.1. The van der Waals surface area contributed by atoms with E-state index in [1.165, 1.54) is 31.9 Å². The summed E-state index contributed by atoms with van der Waals surface area (Å²) in [6.45, 7) is 11.1. The molecule has 1 rings (SSSR count). The molecule has 0 amide bonds. The molecule has 0 aromatic carbocycles. The lowest BCUT2D eigenvalue weighted by Gasteiger charge is -2.40. The number of hydrogen-bond donors (Lipinski definition) is 0. The minimum atomic E-state index is -0.138. The molecule has 1 saturated carbocycles. The first-order valence-corrected chi connectivity index (χ1v) is 6.08. The van der Waals surface area contributed by atoms with Crippen molar-refractivity contribution >= 4 is 5.97 Å². The molecule has 2 nitrogen and oxygen atoms in total. The lowest BCUT2D eigenvalue weighted by molar-refractivity contribution is -0.140. The van der Waals surface area contributed by atoms with Crippen molar-refractivity contribution in [3.05, 3.63) is 12.2 Å². The first-order valence-electron chi connectivity index (χ1n) is 6.08. The zero-order valence-corrected chi connectivity index (χ0v) is 11.1. The number of hydrogen-bond acceptors (Lipinski definition) is 2. The van der Waals surface area contributed by atoms with Crippen molar-refractivity contribution in [2.75, 3.05) is 7.11 Å². The Morgan fingerprint density at radius 3 is 2.31 bits per heavy atom. The lowest BCUT2D eigenvalue weighted by Crippen LogP contribution is -2.31. The van der Waals surface area contributed by atoms with Gasteiger partial charge in [-0.25, -0.2) is 0 Å². The third kappa shape index (κ3) is 2.31. The molecule has 0 aromatic heterocycles. The largest absolute Gasteiger partial charge is 0.469 e. The Labute approximate surface area is 99.1 Å². The van der Waals surface area contributed by atoms with Crippen LogP contribution in [0.25, 0.3) is 0 Å². The van der Waals surface area contributed by atoms with E-state index in [-0.39, 0.29) is 11.4 Å².